The molecule has 2 heterocycles. The molecular formula is C15H12BrNOS. The van der Waals surface area contributed by atoms with E-state index in [1.807, 2.05) is 24.3 Å². The number of benzene rings is 1. The van der Waals surface area contributed by atoms with Crippen LogP contribution in [0, 0.1) is 16.7 Å². The van der Waals surface area contributed by atoms with Crippen LogP contribution in [0.15, 0.2) is 40.2 Å². The Labute approximate surface area is 124 Å². The summed E-state index contributed by atoms with van der Waals surface area (Å²) in [6.07, 6.45) is 1.50. The summed E-state index contributed by atoms with van der Waals surface area (Å²) in [7, 11) is 0. The first-order valence-corrected chi connectivity index (χ1v) is 7.73. The molecule has 19 heavy (non-hydrogen) atoms. The molecule has 2 aromatic rings. The van der Waals surface area contributed by atoms with Crippen LogP contribution in [-0.4, -0.2) is 6.61 Å². The van der Waals surface area contributed by atoms with E-state index in [4.69, 9.17) is 4.74 Å². The molecule has 0 radical (unpaired) electrons. The number of para-hydroxylation sites is 1. The molecule has 2 nitrogen and oxygen atoms in total. The molecule has 1 aromatic carbocycles. The quantitative estimate of drug-likeness (QED) is 0.825. The van der Waals surface area contributed by atoms with Gasteiger partial charge >= 0.3 is 0 Å². The monoisotopic (exact) mass is 333 g/mol. The maximum atomic E-state index is 9.60. The molecule has 4 heteroatoms. The van der Waals surface area contributed by atoms with Crippen molar-refractivity contribution in [2.75, 3.05) is 6.61 Å². The van der Waals surface area contributed by atoms with Gasteiger partial charge in [-0.25, -0.2) is 0 Å². The van der Waals surface area contributed by atoms with Crippen molar-refractivity contribution in [3.8, 4) is 11.8 Å². The van der Waals surface area contributed by atoms with Crippen molar-refractivity contribution in [3.05, 3.63) is 50.6 Å². The van der Waals surface area contributed by atoms with Crippen molar-refractivity contribution >= 4 is 27.3 Å². The first kappa shape index (κ1) is 12.7. The zero-order valence-corrected chi connectivity index (χ0v) is 12.6. The van der Waals surface area contributed by atoms with Crippen molar-refractivity contribution in [2.24, 2.45) is 5.41 Å². The number of fused-ring (bicyclic) bond motifs is 1. The van der Waals surface area contributed by atoms with Crippen LogP contribution in [0.1, 0.15) is 10.4 Å². The van der Waals surface area contributed by atoms with Crippen LogP contribution in [-0.2, 0) is 12.8 Å². The van der Waals surface area contributed by atoms with E-state index in [-0.39, 0.29) is 0 Å². The highest BCUT2D eigenvalue weighted by Gasteiger charge is 2.36. The predicted octanol–water partition coefficient (Wildman–Crippen LogP) is 4.20. The highest BCUT2D eigenvalue weighted by atomic mass is 79.9. The summed E-state index contributed by atoms with van der Waals surface area (Å²) in [5.41, 5.74) is 0.685. The molecule has 96 valence electrons. The lowest BCUT2D eigenvalue weighted by molar-refractivity contribution is 0.170. The van der Waals surface area contributed by atoms with Crippen LogP contribution in [0.3, 0.4) is 0 Å². The molecule has 0 N–H and O–H groups in total. The number of ether oxygens (including phenoxy) is 1. The lowest BCUT2D eigenvalue weighted by Crippen LogP contribution is -2.35. The standard InChI is InChI=1S/C15H12BrNOS/c16-12-5-13(19-8-12)7-15(9-17)6-11-3-1-2-4-14(11)18-10-15/h1-5,8H,6-7,10H2. The first-order chi connectivity index (χ1) is 9.21. The summed E-state index contributed by atoms with van der Waals surface area (Å²) >= 11 is 5.14. The van der Waals surface area contributed by atoms with Crippen molar-refractivity contribution in [1.29, 1.82) is 5.26 Å². The molecule has 0 spiro atoms. The van der Waals surface area contributed by atoms with E-state index < -0.39 is 5.41 Å². The third kappa shape index (κ3) is 2.54. The minimum atomic E-state index is -0.446. The highest BCUT2D eigenvalue weighted by molar-refractivity contribution is 9.10. The molecule has 0 saturated heterocycles. The van der Waals surface area contributed by atoms with Gasteiger partial charge in [0.15, 0.2) is 0 Å². The van der Waals surface area contributed by atoms with Gasteiger partial charge in [-0.1, -0.05) is 18.2 Å². The number of nitriles is 1. The Balaban J connectivity index is 1.88. The van der Waals surface area contributed by atoms with E-state index >= 15 is 0 Å². The van der Waals surface area contributed by atoms with Crippen LogP contribution < -0.4 is 4.74 Å². The third-order valence-electron chi connectivity index (χ3n) is 3.38. The number of hydrogen-bond donors (Lipinski definition) is 0. The number of thiophene rings is 1. The van der Waals surface area contributed by atoms with Gasteiger partial charge in [-0.3, -0.25) is 0 Å². The molecule has 1 aromatic heterocycles. The fourth-order valence-electron chi connectivity index (χ4n) is 2.43. The number of rotatable bonds is 2. The van der Waals surface area contributed by atoms with E-state index in [0.29, 0.717) is 6.61 Å². The molecule has 0 bridgehead atoms. The average Bonchev–Trinajstić information content (AvgIpc) is 2.84. The normalized spacial score (nSPS) is 21.3. The predicted molar refractivity (Wildman–Crippen MR) is 79.4 cm³/mol. The zero-order chi connectivity index (χ0) is 13.3. The molecule has 1 atom stereocenters. The SMILES string of the molecule is N#CC1(Cc2cc(Br)cs2)COc2ccccc2C1. The molecule has 0 aliphatic carbocycles. The van der Waals surface area contributed by atoms with Crippen LogP contribution in [0.5, 0.6) is 5.75 Å². The Hall–Kier alpha value is -1.31. The highest BCUT2D eigenvalue weighted by Crippen LogP contribution is 2.38. The molecule has 1 aliphatic heterocycles. The van der Waals surface area contributed by atoms with Crippen LogP contribution in [0.2, 0.25) is 0 Å². The Bertz CT molecular complexity index is 646. The Morgan fingerprint density at radius 1 is 1.42 bits per heavy atom. The van der Waals surface area contributed by atoms with Crippen molar-refractivity contribution in [2.45, 2.75) is 12.8 Å². The lowest BCUT2D eigenvalue weighted by atomic mass is 9.78. The fraction of sp³-hybridized carbons (Fsp3) is 0.267. The number of halogens is 1. The molecule has 3 rings (SSSR count). The van der Waals surface area contributed by atoms with Gasteiger partial charge in [-0.05, 0) is 40.0 Å². The van der Waals surface area contributed by atoms with Gasteiger partial charge in [0, 0.05) is 21.2 Å². The topological polar surface area (TPSA) is 33.0 Å². The Morgan fingerprint density at radius 3 is 3.00 bits per heavy atom. The van der Waals surface area contributed by atoms with Crippen molar-refractivity contribution < 1.29 is 4.74 Å². The summed E-state index contributed by atoms with van der Waals surface area (Å²) in [4.78, 5) is 1.22. The fourth-order valence-corrected chi connectivity index (χ4v) is 4.02. The van der Waals surface area contributed by atoms with Gasteiger partial charge in [0.2, 0.25) is 0 Å². The van der Waals surface area contributed by atoms with Gasteiger partial charge in [0.1, 0.15) is 17.8 Å². The Kier molecular flexibility index (Phi) is 3.34. The van der Waals surface area contributed by atoms with E-state index in [0.717, 1.165) is 28.6 Å². The van der Waals surface area contributed by atoms with Crippen LogP contribution in [0.25, 0.3) is 0 Å². The first-order valence-electron chi connectivity index (χ1n) is 6.06. The molecule has 1 unspecified atom stereocenters. The molecule has 0 amide bonds. The van der Waals surface area contributed by atoms with Crippen LogP contribution in [0.4, 0.5) is 0 Å². The van der Waals surface area contributed by atoms with Crippen molar-refractivity contribution in [1.82, 2.24) is 0 Å². The van der Waals surface area contributed by atoms with Gasteiger partial charge in [-0.15, -0.1) is 11.3 Å². The molecule has 0 fully saturated rings. The minimum absolute atomic E-state index is 0.446. The maximum Gasteiger partial charge on any atom is 0.122 e. The van der Waals surface area contributed by atoms with E-state index in [2.05, 4.69) is 33.4 Å². The second-order valence-electron chi connectivity index (χ2n) is 4.87. The van der Waals surface area contributed by atoms with Gasteiger partial charge in [-0.2, -0.15) is 5.26 Å². The molecule has 0 saturated carbocycles. The van der Waals surface area contributed by atoms with Crippen LogP contribution >= 0.6 is 27.3 Å². The lowest BCUT2D eigenvalue weighted by Gasteiger charge is -2.32. The summed E-state index contributed by atoms with van der Waals surface area (Å²) in [6, 6.07) is 12.6. The summed E-state index contributed by atoms with van der Waals surface area (Å²) in [6.45, 7) is 0.468. The second kappa shape index (κ2) is 4.99. The third-order valence-corrected chi connectivity index (χ3v) is 5.07. The maximum absolute atomic E-state index is 9.60. The molecule has 1 aliphatic rings. The number of nitrogens with zero attached hydrogens (tertiary/aromatic N) is 1. The second-order valence-corrected chi connectivity index (χ2v) is 6.78. The smallest absolute Gasteiger partial charge is 0.122 e. The zero-order valence-electron chi connectivity index (χ0n) is 10.2. The van der Waals surface area contributed by atoms with E-state index in [1.54, 1.807) is 11.3 Å². The average molecular weight is 334 g/mol. The summed E-state index contributed by atoms with van der Waals surface area (Å²) < 4.78 is 6.86. The van der Waals surface area contributed by atoms with E-state index in [9.17, 15) is 5.26 Å². The summed E-state index contributed by atoms with van der Waals surface area (Å²) in [5.74, 6) is 0.917. The van der Waals surface area contributed by atoms with Gasteiger partial charge in [0.25, 0.3) is 0 Å². The van der Waals surface area contributed by atoms with Gasteiger partial charge in [0.05, 0.1) is 6.07 Å². The van der Waals surface area contributed by atoms with Gasteiger partial charge < -0.3 is 4.74 Å². The largest absolute Gasteiger partial charge is 0.492 e. The van der Waals surface area contributed by atoms with E-state index in [1.165, 1.54) is 4.88 Å². The molecular weight excluding hydrogens is 322 g/mol. The summed E-state index contributed by atoms with van der Waals surface area (Å²) in [5, 5.41) is 11.7. The minimum Gasteiger partial charge on any atom is -0.492 e. The Morgan fingerprint density at radius 2 is 2.26 bits per heavy atom. The van der Waals surface area contributed by atoms with Crippen molar-refractivity contribution in [3.63, 3.8) is 0 Å². The number of hydrogen-bond acceptors (Lipinski definition) is 3.